The summed E-state index contributed by atoms with van der Waals surface area (Å²) in [6.07, 6.45) is 9.69. The molecule has 0 saturated carbocycles. The van der Waals surface area contributed by atoms with Crippen LogP contribution in [0, 0.1) is 0 Å². The summed E-state index contributed by atoms with van der Waals surface area (Å²) in [5.41, 5.74) is 12.7. The van der Waals surface area contributed by atoms with E-state index in [2.05, 4.69) is 103 Å². The third-order valence-electron chi connectivity index (χ3n) is 11.5. The van der Waals surface area contributed by atoms with E-state index < -0.39 is 5.79 Å². The standard InChI is InChI=1S/C54H50N4O3/c1-3-5-19-35-60-54(61-36-20-6-4-2)52-50(40-27-17-10-18-28-40)46-34-32-44(57-46)48(38-23-13-8-14-24-38)42-30-29-41(55-42)47(37-21-11-7-12-22-37)43-31-33-45(56-43)49(51(58-52)53(54)59)39-25-15-9-16-26-39/h7-18,21-34,56-57H,3-6,19-20,35-36H2,1-2H3. The molecule has 0 unspecified atom stereocenters. The number of nitrogens with one attached hydrogen (secondary N) is 2. The van der Waals surface area contributed by atoms with Gasteiger partial charge in [-0.2, -0.15) is 0 Å². The second-order valence-electron chi connectivity index (χ2n) is 15.6. The van der Waals surface area contributed by atoms with Gasteiger partial charge in [-0.05, 0) is 71.5 Å². The van der Waals surface area contributed by atoms with E-state index >= 15 is 4.79 Å². The average Bonchev–Trinajstić information content (AvgIpc) is 4.13. The van der Waals surface area contributed by atoms with Crippen molar-refractivity contribution in [3.05, 3.63) is 168 Å². The molecule has 0 aliphatic carbocycles. The number of hydrogen-bond acceptors (Lipinski definition) is 5. The minimum absolute atomic E-state index is 0.277. The Bertz CT molecular complexity index is 2830. The Balaban J connectivity index is 1.48. The molecule has 0 saturated heterocycles. The van der Waals surface area contributed by atoms with Crippen molar-refractivity contribution in [1.29, 1.82) is 0 Å². The van der Waals surface area contributed by atoms with Crippen LogP contribution in [-0.4, -0.2) is 38.9 Å². The summed E-state index contributed by atoms with van der Waals surface area (Å²) in [5.74, 6) is -2.13. The summed E-state index contributed by atoms with van der Waals surface area (Å²) in [4.78, 5) is 34.3. The highest BCUT2D eigenvalue weighted by Gasteiger charge is 2.52. The van der Waals surface area contributed by atoms with Crippen LogP contribution >= 0.6 is 0 Å². The molecule has 3 aromatic heterocycles. The Morgan fingerprint density at radius 3 is 1.26 bits per heavy atom. The highest BCUT2D eigenvalue weighted by atomic mass is 16.7. The average molecular weight is 803 g/mol. The quantitative estimate of drug-likeness (QED) is 0.0844. The zero-order valence-corrected chi connectivity index (χ0v) is 34.8. The van der Waals surface area contributed by atoms with Crippen LogP contribution in [0.4, 0.5) is 0 Å². The summed E-state index contributed by atoms with van der Waals surface area (Å²) in [6, 6.07) is 49.2. The first-order chi connectivity index (χ1) is 30.1. The number of carbonyl (C=O) groups is 1. The van der Waals surface area contributed by atoms with Gasteiger partial charge in [-0.25, -0.2) is 9.97 Å². The zero-order chi connectivity index (χ0) is 41.6. The van der Waals surface area contributed by atoms with Crippen molar-refractivity contribution < 1.29 is 14.3 Å². The number of aromatic nitrogens is 4. The molecule has 0 amide bonds. The van der Waals surface area contributed by atoms with Gasteiger partial charge in [-0.3, -0.25) is 4.79 Å². The lowest BCUT2D eigenvalue weighted by atomic mass is 9.95. The highest BCUT2D eigenvalue weighted by molar-refractivity contribution is 6.11. The molecule has 0 fully saturated rings. The molecule has 2 aliphatic rings. The van der Waals surface area contributed by atoms with E-state index in [9.17, 15) is 0 Å². The molecule has 7 aromatic rings. The van der Waals surface area contributed by atoms with E-state index in [1.165, 1.54) is 0 Å². The largest absolute Gasteiger partial charge is 0.354 e. The predicted octanol–water partition coefficient (Wildman–Crippen LogP) is 13.6. The molecule has 4 aromatic carbocycles. The number of H-pyrrole nitrogens is 2. The van der Waals surface area contributed by atoms with Gasteiger partial charge in [0.2, 0.25) is 5.78 Å². The lowest BCUT2D eigenvalue weighted by Gasteiger charge is -2.29. The molecule has 61 heavy (non-hydrogen) atoms. The number of unbranched alkanes of at least 4 members (excludes halogenated alkanes) is 4. The fourth-order valence-electron chi connectivity index (χ4n) is 8.49. The minimum Gasteiger partial charge on any atom is -0.354 e. The molecule has 0 atom stereocenters. The summed E-state index contributed by atoms with van der Waals surface area (Å²) in [5, 5.41) is 0. The second-order valence-corrected chi connectivity index (χ2v) is 15.6. The van der Waals surface area contributed by atoms with Crippen LogP contribution in [0.15, 0.2) is 146 Å². The fraction of sp³-hybridized carbons (Fsp3) is 0.204. The fourth-order valence-corrected chi connectivity index (χ4v) is 8.49. The number of fused-ring (bicyclic) bond motifs is 8. The van der Waals surface area contributed by atoms with Gasteiger partial charge in [0.1, 0.15) is 11.4 Å². The van der Waals surface area contributed by atoms with Gasteiger partial charge in [0.25, 0.3) is 5.79 Å². The van der Waals surface area contributed by atoms with Gasteiger partial charge < -0.3 is 19.4 Å². The Morgan fingerprint density at radius 1 is 0.459 bits per heavy atom. The van der Waals surface area contributed by atoms with Crippen LogP contribution in [0.1, 0.15) is 79.9 Å². The Hall–Kier alpha value is -6.67. The zero-order valence-electron chi connectivity index (χ0n) is 34.8. The van der Waals surface area contributed by atoms with Crippen molar-refractivity contribution in [3.63, 3.8) is 0 Å². The minimum atomic E-state index is -1.81. The first-order valence-electron chi connectivity index (χ1n) is 21.6. The molecule has 0 spiro atoms. The molecule has 7 heteroatoms. The molecule has 5 heterocycles. The summed E-state index contributed by atoms with van der Waals surface area (Å²) in [6.45, 7) is 4.99. The van der Waals surface area contributed by atoms with Crippen molar-refractivity contribution in [2.24, 2.45) is 0 Å². The second kappa shape index (κ2) is 17.9. The third-order valence-corrected chi connectivity index (χ3v) is 11.5. The number of ether oxygens (including phenoxy) is 2. The normalized spacial score (nSPS) is 13.2. The van der Waals surface area contributed by atoms with Gasteiger partial charge in [0.15, 0.2) is 0 Å². The molecule has 8 bridgehead atoms. The number of ketones is 1. The van der Waals surface area contributed by atoms with Crippen LogP contribution in [0.5, 0.6) is 0 Å². The maximum atomic E-state index is 15.9. The van der Waals surface area contributed by atoms with Gasteiger partial charge >= 0.3 is 0 Å². The molecule has 2 aliphatic heterocycles. The number of benzene rings is 4. The van der Waals surface area contributed by atoms with Crippen LogP contribution < -0.4 is 0 Å². The predicted molar refractivity (Wildman–Crippen MR) is 249 cm³/mol. The van der Waals surface area contributed by atoms with Gasteiger partial charge in [-0.1, -0.05) is 161 Å². The van der Waals surface area contributed by atoms with E-state index in [0.717, 1.165) is 111 Å². The molecule has 304 valence electrons. The van der Waals surface area contributed by atoms with Crippen molar-refractivity contribution >= 4 is 40.0 Å². The number of carbonyl (C=O) groups excluding carboxylic acids is 1. The molecule has 9 rings (SSSR count). The Labute approximate surface area is 357 Å². The van der Waals surface area contributed by atoms with Gasteiger partial charge in [0, 0.05) is 44.3 Å². The van der Waals surface area contributed by atoms with E-state index in [1.807, 2.05) is 78.9 Å². The SMILES string of the molecule is CCCCCOC1(OCCCCC)C(=O)c2nc1c(-c1ccccc1)c1ccc([nH]1)c(-c1ccccc1)c1nc(c(-c3ccccc3)c3ccc([nH]3)c2-c2ccccc2)C=C1. The van der Waals surface area contributed by atoms with E-state index in [0.29, 0.717) is 24.5 Å². The summed E-state index contributed by atoms with van der Waals surface area (Å²) < 4.78 is 13.9. The van der Waals surface area contributed by atoms with Gasteiger partial charge in [0.05, 0.1) is 24.6 Å². The molecule has 0 radical (unpaired) electrons. The monoisotopic (exact) mass is 802 g/mol. The van der Waals surface area contributed by atoms with E-state index in [-0.39, 0.29) is 11.5 Å². The summed E-state index contributed by atoms with van der Waals surface area (Å²) in [7, 11) is 0. The summed E-state index contributed by atoms with van der Waals surface area (Å²) >= 11 is 0. The lowest BCUT2D eigenvalue weighted by molar-refractivity contribution is -0.209. The van der Waals surface area contributed by atoms with Crippen molar-refractivity contribution in [3.8, 4) is 44.5 Å². The van der Waals surface area contributed by atoms with Crippen LogP contribution in [-0.2, 0) is 15.3 Å². The van der Waals surface area contributed by atoms with Crippen molar-refractivity contribution in [2.45, 2.75) is 58.2 Å². The Morgan fingerprint density at radius 2 is 0.836 bits per heavy atom. The van der Waals surface area contributed by atoms with Crippen LogP contribution in [0.2, 0.25) is 0 Å². The van der Waals surface area contributed by atoms with Crippen molar-refractivity contribution in [1.82, 2.24) is 19.9 Å². The molecule has 2 N–H and O–H groups in total. The number of rotatable bonds is 14. The first kappa shape index (κ1) is 39.8. The number of nitrogens with zero attached hydrogens (tertiary/aromatic N) is 2. The highest BCUT2D eigenvalue weighted by Crippen LogP contribution is 2.45. The van der Waals surface area contributed by atoms with Gasteiger partial charge in [-0.15, -0.1) is 0 Å². The van der Waals surface area contributed by atoms with E-state index in [4.69, 9.17) is 19.4 Å². The van der Waals surface area contributed by atoms with Crippen LogP contribution in [0.3, 0.4) is 0 Å². The lowest BCUT2D eigenvalue weighted by Crippen LogP contribution is -2.40. The third kappa shape index (κ3) is 7.79. The van der Waals surface area contributed by atoms with Crippen molar-refractivity contribution in [2.75, 3.05) is 13.2 Å². The smallest absolute Gasteiger partial charge is 0.281 e. The molecule has 7 nitrogen and oxygen atoms in total. The first-order valence-corrected chi connectivity index (χ1v) is 21.6. The maximum Gasteiger partial charge on any atom is 0.281 e. The van der Waals surface area contributed by atoms with Crippen LogP contribution in [0.25, 0.3) is 78.7 Å². The number of aromatic amines is 2. The molecular formula is C54H50N4O3. The van der Waals surface area contributed by atoms with E-state index in [1.54, 1.807) is 0 Å². The number of hydrogen-bond donors (Lipinski definition) is 2. The topological polar surface area (TPSA) is 92.9 Å². The maximum absolute atomic E-state index is 15.9. The molecular weight excluding hydrogens is 753 g/mol. The number of Topliss-reactive ketones (excluding diaryl/α,β-unsaturated/α-hetero) is 1. The Kier molecular flexibility index (Phi) is 11.7.